The topological polar surface area (TPSA) is 81.1 Å². The zero-order chi connectivity index (χ0) is 14.4. The van der Waals surface area contributed by atoms with Gasteiger partial charge in [-0.2, -0.15) is 5.06 Å². The maximum Gasteiger partial charge on any atom is 0.346 e. The lowest BCUT2D eigenvalue weighted by atomic mass is 10.1. The Morgan fingerprint density at radius 1 is 1.50 bits per heavy atom. The highest BCUT2D eigenvalue weighted by Crippen LogP contribution is 2.39. The summed E-state index contributed by atoms with van der Waals surface area (Å²) >= 11 is 4.69. The molecule has 1 aromatic heterocycles. The molecule has 0 radical (unpaired) electrons. The van der Waals surface area contributed by atoms with Crippen molar-refractivity contribution in [3.8, 4) is 0 Å². The minimum Gasteiger partial charge on any atom is -0.468 e. The van der Waals surface area contributed by atoms with E-state index in [0.29, 0.717) is 12.2 Å². The molecule has 0 saturated carbocycles. The smallest absolute Gasteiger partial charge is 0.346 e. The molecule has 0 spiro atoms. The number of hydrogen-bond acceptors (Lipinski definition) is 7. The number of hydrogen-bond donors (Lipinski definition) is 1. The molecule has 2 aliphatic rings. The van der Waals surface area contributed by atoms with Crippen molar-refractivity contribution in [2.24, 2.45) is 0 Å². The Labute approximate surface area is 123 Å². The summed E-state index contributed by atoms with van der Waals surface area (Å²) in [6.07, 6.45) is 0. The number of methoxy groups -OCH3 is 1. The number of hydroxylamine groups is 2. The van der Waals surface area contributed by atoms with Gasteiger partial charge in [-0.1, -0.05) is 11.3 Å². The van der Waals surface area contributed by atoms with Crippen LogP contribution in [0.25, 0.3) is 0 Å². The fourth-order valence-corrected chi connectivity index (χ4v) is 3.71. The summed E-state index contributed by atoms with van der Waals surface area (Å²) in [5.41, 5.74) is 0.655. The molecule has 1 atom stereocenters. The highest BCUT2D eigenvalue weighted by Gasteiger charge is 2.46. The highest BCUT2D eigenvalue weighted by atomic mass is 32.1. The molecule has 8 nitrogen and oxygen atoms in total. The van der Waals surface area contributed by atoms with E-state index in [4.69, 9.17) is 4.28 Å². The number of urea groups is 1. The molecular formula is C10H11N3O5S2. The largest absolute Gasteiger partial charge is 0.468 e. The molecule has 20 heavy (non-hydrogen) atoms. The number of esters is 1. The van der Waals surface area contributed by atoms with Gasteiger partial charge in [0, 0.05) is 12.9 Å². The summed E-state index contributed by atoms with van der Waals surface area (Å²) in [6, 6.07) is -0.661. The number of thiazole rings is 1. The molecule has 1 saturated heterocycles. The van der Waals surface area contributed by atoms with Crippen molar-refractivity contribution in [3.63, 3.8) is 0 Å². The van der Waals surface area contributed by atoms with Crippen LogP contribution in [0.4, 0.5) is 4.79 Å². The quantitative estimate of drug-likeness (QED) is 0.488. The zero-order valence-electron chi connectivity index (χ0n) is 10.4. The van der Waals surface area contributed by atoms with Gasteiger partial charge in [-0.3, -0.25) is 14.2 Å². The second-order valence-electron chi connectivity index (χ2n) is 4.43. The number of ether oxygens (including phenoxy) is 1. The van der Waals surface area contributed by atoms with E-state index in [9.17, 15) is 14.4 Å². The van der Waals surface area contributed by atoms with Crippen molar-refractivity contribution in [2.45, 2.75) is 19.1 Å². The zero-order valence-corrected chi connectivity index (χ0v) is 12.1. The van der Waals surface area contributed by atoms with Gasteiger partial charge in [-0.25, -0.2) is 9.08 Å². The van der Waals surface area contributed by atoms with Crippen molar-refractivity contribution in [3.05, 3.63) is 20.2 Å². The van der Waals surface area contributed by atoms with Crippen LogP contribution in [0.15, 0.2) is 4.79 Å². The molecule has 0 N–H and O–H groups in total. The van der Waals surface area contributed by atoms with Gasteiger partial charge >= 0.3 is 16.9 Å². The van der Waals surface area contributed by atoms with Crippen LogP contribution in [0.3, 0.4) is 0 Å². The van der Waals surface area contributed by atoms with Crippen LogP contribution in [0.1, 0.15) is 16.6 Å². The van der Waals surface area contributed by atoms with E-state index < -0.39 is 5.97 Å². The summed E-state index contributed by atoms with van der Waals surface area (Å²) in [5, 5.41) is 1.13. The van der Waals surface area contributed by atoms with E-state index in [1.807, 2.05) is 0 Å². The third-order valence-electron chi connectivity index (χ3n) is 3.41. The summed E-state index contributed by atoms with van der Waals surface area (Å²) < 4.78 is 10.7. The van der Waals surface area contributed by atoms with E-state index in [1.54, 1.807) is 4.90 Å². The van der Waals surface area contributed by atoms with Crippen molar-refractivity contribution in [1.29, 1.82) is 0 Å². The van der Waals surface area contributed by atoms with E-state index >= 15 is 0 Å². The number of carbonyl (C=O) groups excluding carboxylic acids is 2. The lowest BCUT2D eigenvalue weighted by Gasteiger charge is -2.21. The van der Waals surface area contributed by atoms with Crippen molar-refractivity contribution < 1.29 is 18.6 Å². The molecule has 0 aliphatic carbocycles. The molecule has 1 aromatic rings. The Morgan fingerprint density at radius 3 is 2.90 bits per heavy atom. The van der Waals surface area contributed by atoms with Gasteiger partial charge in [-0.05, 0) is 0 Å². The normalized spacial score (nSPS) is 20.3. The molecule has 3 rings (SSSR count). The first kappa shape index (κ1) is 13.5. The number of fused-ring (bicyclic) bond motifs is 4. The standard InChI is InChI=1S/C10H11N3O5S2/c1-17-7(14)4-12-5-2-11-3-6(8(5)20-10(12)16)13(18-19)9(11)15/h6,19H,2-4H2,1H3. The van der Waals surface area contributed by atoms with Gasteiger partial charge in [0.2, 0.25) is 0 Å². The third-order valence-corrected chi connectivity index (χ3v) is 4.71. The van der Waals surface area contributed by atoms with Gasteiger partial charge in [0.25, 0.3) is 0 Å². The maximum atomic E-state index is 12.0. The number of amides is 2. The molecule has 2 bridgehead atoms. The first-order chi connectivity index (χ1) is 9.56. The predicted molar refractivity (Wildman–Crippen MR) is 71.1 cm³/mol. The number of rotatable bonds is 3. The molecule has 108 valence electrons. The lowest BCUT2D eigenvalue weighted by Crippen LogP contribution is -2.31. The first-order valence-electron chi connectivity index (χ1n) is 5.75. The van der Waals surface area contributed by atoms with Gasteiger partial charge < -0.3 is 9.64 Å². The van der Waals surface area contributed by atoms with Crippen LogP contribution >= 0.6 is 24.2 Å². The van der Waals surface area contributed by atoms with Crippen molar-refractivity contribution in [1.82, 2.24) is 14.5 Å². The summed E-state index contributed by atoms with van der Waals surface area (Å²) in [4.78, 5) is 37.4. The van der Waals surface area contributed by atoms with Crippen LogP contribution in [0.5, 0.6) is 0 Å². The SMILES string of the molecule is COC(=O)Cn1c2c(sc1=O)C1CN(C2)C(=O)N1OS. The van der Waals surface area contributed by atoms with Gasteiger partial charge in [0.1, 0.15) is 12.6 Å². The van der Waals surface area contributed by atoms with E-state index in [2.05, 4.69) is 17.6 Å². The minimum atomic E-state index is -0.505. The van der Waals surface area contributed by atoms with Crippen LogP contribution < -0.4 is 4.87 Å². The molecular weight excluding hydrogens is 306 g/mol. The average Bonchev–Trinajstić information content (AvgIpc) is 2.88. The van der Waals surface area contributed by atoms with Gasteiger partial charge in [0.05, 0.1) is 30.8 Å². The number of aromatic nitrogens is 1. The molecule has 1 fully saturated rings. The van der Waals surface area contributed by atoms with Gasteiger partial charge in [-0.15, -0.1) is 0 Å². The third kappa shape index (κ3) is 1.83. The predicted octanol–water partition coefficient (Wildman–Crippen LogP) is 0.152. The Hall–Kier alpha value is -1.52. The Bertz CT molecular complexity index is 639. The van der Waals surface area contributed by atoms with Gasteiger partial charge in [0.15, 0.2) is 0 Å². The number of nitrogens with zero attached hydrogens (tertiary/aromatic N) is 3. The van der Waals surface area contributed by atoms with E-state index in [1.165, 1.54) is 11.7 Å². The number of carbonyl (C=O) groups is 2. The van der Waals surface area contributed by atoms with Crippen LogP contribution in [-0.2, 0) is 26.9 Å². The molecule has 0 aromatic carbocycles. The summed E-state index contributed by atoms with van der Waals surface area (Å²) in [5.74, 6) is -0.505. The summed E-state index contributed by atoms with van der Waals surface area (Å²) in [6.45, 7) is 0.566. The monoisotopic (exact) mass is 317 g/mol. The molecule has 2 amide bonds. The molecule has 2 aliphatic heterocycles. The lowest BCUT2D eigenvalue weighted by molar-refractivity contribution is -0.141. The van der Waals surface area contributed by atoms with E-state index in [-0.39, 0.29) is 30.0 Å². The average molecular weight is 317 g/mol. The second-order valence-corrected chi connectivity index (χ2v) is 5.58. The fraction of sp³-hybridized carbons (Fsp3) is 0.500. The van der Waals surface area contributed by atoms with Crippen LogP contribution in [0.2, 0.25) is 0 Å². The first-order valence-corrected chi connectivity index (χ1v) is 6.94. The fourth-order valence-electron chi connectivity index (χ4n) is 2.46. The van der Waals surface area contributed by atoms with E-state index in [0.717, 1.165) is 21.3 Å². The van der Waals surface area contributed by atoms with Crippen LogP contribution in [-0.4, -0.2) is 40.2 Å². The molecule has 10 heteroatoms. The van der Waals surface area contributed by atoms with Crippen LogP contribution in [0, 0.1) is 0 Å². The molecule has 3 heterocycles. The Kier molecular flexibility index (Phi) is 3.22. The second kappa shape index (κ2) is 4.79. The highest BCUT2D eigenvalue weighted by molar-refractivity contribution is 7.75. The maximum absolute atomic E-state index is 12.0. The molecule has 1 unspecified atom stereocenters. The Morgan fingerprint density at radius 2 is 2.25 bits per heavy atom. The Balaban J connectivity index is 2.03. The summed E-state index contributed by atoms with van der Waals surface area (Å²) in [7, 11) is 1.26. The number of thiol groups is 1. The van der Waals surface area contributed by atoms with Crippen molar-refractivity contribution >= 4 is 36.2 Å². The minimum absolute atomic E-state index is 0.155. The van der Waals surface area contributed by atoms with Crippen molar-refractivity contribution in [2.75, 3.05) is 13.7 Å².